The Balaban J connectivity index is 1.94. The third-order valence-corrected chi connectivity index (χ3v) is 3.90. The first-order valence-electron chi connectivity index (χ1n) is 7.65. The van der Waals surface area contributed by atoms with Crippen molar-refractivity contribution >= 4 is 6.09 Å². The summed E-state index contributed by atoms with van der Waals surface area (Å²) < 4.78 is 5.46. The second-order valence-corrected chi connectivity index (χ2v) is 6.81. The van der Waals surface area contributed by atoms with Crippen LogP contribution in [-0.4, -0.2) is 52.2 Å². The van der Waals surface area contributed by atoms with Crippen molar-refractivity contribution in [2.24, 2.45) is 0 Å². The Hall–Kier alpha value is -1.49. The number of nitrogens with zero attached hydrogens (tertiary/aromatic N) is 2. The molecule has 1 aromatic heterocycles. The van der Waals surface area contributed by atoms with Crippen LogP contribution in [0.2, 0.25) is 0 Å². The van der Waals surface area contributed by atoms with Crippen LogP contribution in [0, 0.1) is 0 Å². The third kappa shape index (κ3) is 4.00. The average molecular weight is 293 g/mol. The average Bonchev–Trinajstić information content (AvgIpc) is 2.89. The van der Waals surface area contributed by atoms with Crippen molar-refractivity contribution in [3.8, 4) is 0 Å². The van der Waals surface area contributed by atoms with Gasteiger partial charge in [0.25, 0.3) is 0 Å². The van der Waals surface area contributed by atoms with Gasteiger partial charge in [-0.1, -0.05) is 0 Å². The van der Waals surface area contributed by atoms with E-state index in [9.17, 15) is 4.79 Å². The van der Waals surface area contributed by atoms with Crippen molar-refractivity contribution in [3.05, 3.63) is 24.0 Å². The number of amides is 1. The summed E-state index contributed by atoms with van der Waals surface area (Å²) in [6.07, 6.45) is 1.74. The lowest BCUT2D eigenvalue weighted by Gasteiger charge is -2.42. The van der Waals surface area contributed by atoms with Crippen LogP contribution >= 0.6 is 0 Å². The number of aromatic nitrogens is 1. The van der Waals surface area contributed by atoms with Crippen molar-refractivity contribution in [2.45, 2.75) is 52.3 Å². The SMILES string of the molecule is C[C@H]1CN(C(=O)OC(C)(C)C)CCN1[C@@H](C)c1ccc[nH]1. The normalized spacial score (nSPS) is 22.1. The fraction of sp³-hybridized carbons (Fsp3) is 0.688. The molecule has 1 aliphatic heterocycles. The molecule has 1 N–H and O–H groups in total. The Kier molecular flexibility index (Phi) is 4.61. The summed E-state index contributed by atoms with van der Waals surface area (Å²) in [5.41, 5.74) is 0.780. The van der Waals surface area contributed by atoms with E-state index in [1.165, 1.54) is 5.69 Å². The van der Waals surface area contributed by atoms with Gasteiger partial charge >= 0.3 is 6.09 Å². The summed E-state index contributed by atoms with van der Waals surface area (Å²) in [7, 11) is 0. The van der Waals surface area contributed by atoms with E-state index in [0.29, 0.717) is 25.2 Å². The fourth-order valence-corrected chi connectivity index (χ4v) is 2.82. The predicted molar refractivity (Wildman–Crippen MR) is 83.2 cm³/mol. The Morgan fingerprint density at radius 2 is 2.14 bits per heavy atom. The van der Waals surface area contributed by atoms with Crippen molar-refractivity contribution < 1.29 is 9.53 Å². The van der Waals surface area contributed by atoms with Gasteiger partial charge in [0.15, 0.2) is 0 Å². The van der Waals surface area contributed by atoms with Crippen LogP contribution in [-0.2, 0) is 4.74 Å². The van der Waals surface area contributed by atoms with E-state index in [1.807, 2.05) is 37.9 Å². The van der Waals surface area contributed by atoms with Gasteiger partial charge in [-0.15, -0.1) is 0 Å². The molecule has 1 aromatic rings. The van der Waals surface area contributed by atoms with Gasteiger partial charge < -0.3 is 14.6 Å². The first-order valence-corrected chi connectivity index (χ1v) is 7.65. The van der Waals surface area contributed by atoms with Crippen LogP contribution in [0.3, 0.4) is 0 Å². The highest BCUT2D eigenvalue weighted by Crippen LogP contribution is 2.24. The quantitative estimate of drug-likeness (QED) is 0.912. The maximum atomic E-state index is 12.1. The molecule has 5 nitrogen and oxygen atoms in total. The first kappa shape index (κ1) is 15.9. The number of rotatable bonds is 2. The number of ether oxygens (including phenoxy) is 1. The minimum Gasteiger partial charge on any atom is -0.444 e. The molecule has 0 unspecified atom stereocenters. The molecule has 21 heavy (non-hydrogen) atoms. The molecule has 1 amide bonds. The number of hydrogen-bond donors (Lipinski definition) is 1. The zero-order chi connectivity index (χ0) is 15.6. The summed E-state index contributed by atoms with van der Waals surface area (Å²) in [6.45, 7) is 12.3. The summed E-state index contributed by atoms with van der Waals surface area (Å²) in [6, 6.07) is 4.77. The van der Waals surface area contributed by atoms with Crippen LogP contribution in [0.1, 0.15) is 46.4 Å². The van der Waals surface area contributed by atoms with Crippen LogP contribution in [0.4, 0.5) is 4.79 Å². The molecule has 1 saturated heterocycles. The first-order chi connectivity index (χ1) is 9.78. The second-order valence-electron chi connectivity index (χ2n) is 6.81. The van der Waals surface area contributed by atoms with E-state index in [0.717, 1.165) is 6.54 Å². The van der Waals surface area contributed by atoms with Crippen molar-refractivity contribution in [2.75, 3.05) is 19.6 Å². The summed E-state index contributed by atoms with van der Waals surface area (Å²) in [5, 5.41) is 0. The molecule has 2 heterocycles. The molecule has 118 valence electrons. The zero-order valence-electron chi connectivity index (χ0n) is 13.7. The highest BCUT2D eigenvalue weighted by molar-refractivity contribution is 5.68. The number of aromatic amines is 1. The molecule has 0 aliphatic carbocycles. The molecule has 1 aliphatic rings. The highest BCUT2D eigenvalue weighted by atomic mass is 16.6. The molecule has 2 atom stereocenters. The molecule has 0 radical (unpaired) electrons. The topological polar surface area (TPSA) is 48.6 Å². The van der Waals surface area contributed by atoms with Crippen LogP contribution in [0.5, 0.6) is 0 Å². The molecule has 2 rings (SSSR count). The van der Waals surface area contributed by atoms with E-state index < -0.39 is 5.60 Å². The van der Waals surface area contributed by atoms with Crippen LogP contribution in [0.25, 0.3) is 0 Å². The molecule has 0 aromatic carbocycles. The Morgan fingerprint density at radius 3 is 2.67 bits per heavy atom. The van der Waals surface area contributed by atoms with Crippen LogP contribution < -0.4 is 0 Å². The molecule has 0 spiro atoms. The number of carbonyl (C=O) groups is 1. The summed E-state index contributed by atoms with van der Waals surface area (Å²) in [4.78, 5) is 19.7. The number of H-pyrrole nitrogens is 1. The van der Waals surface area contributed by atoms with Crippen molar-refractivity contribution in [3.63, 3.8) is 0 Å². The standard InChI is InChI=1S/C16H27N3O2/c1-12-11-18(15(20)21-16(3,4)5)9-10-19(12)13(2)14-7-6-8-17-14/h6-8,12-13,17H,9-11H2,1-5H3/t12-,13-/m0/s1. The molecular formula is C16H27N3O2. The van der Waals surface area contributed by atoms with Gasteiger partial charge in [0, 0.05) is 43.6 Å². The van der Waals surface area contributed by atoms with E-state index in [-0.39, 0.29) is 6.09 Å². The van der Waals surface area contributed by atoms with Crippen molar-refractivity contribution in [1.82, 2.24) is 14.8 Å². The minimum atomic E-state index is -0.436. The van der Waals surface area contributed by atoms with Crippen LogP contribution in [0.15, 0.2) is 18.3 Å². The number of hydrogen-bond acceptors (Lipinski definition) is 3. The molecule has 1 fully saturated rings. The summed E-state index contributed by atoms with van der Waals surface area (Å²) >= 11 is 0. The van der Waals surface area contributed by atoms with E-state index >= 15 is 0 Å². The molecule has 0 bridgehead atoms. The lowest BCUT2D eigenvalue weighted by atomic mass is 10.1. The van der Waals surface area contributed by atoms with Gasteiger partial charge in [0.05, 0.1) is 0 Å². The largest absolute Gasteiger partial charge is 0.444 e. The zero-order valence-corrected chi connectivity index (χ0v) is 13.7. The van der Waals surface area contributed by atoms with Gasteiger partial charge in [0.2, 0.25) is 0 Å². The van der Waals surface area contributed by atoms with E-state index in [2.05, 4.69) is 29.8 Å². The Morgan fingerprint density at radius 1 is 1.43 bits per heavy atom. The lowest BCUT2D eigenvalue weighted by Crippen LogP contribution is -2.54. The third-order valence-electron chi connectivity index (χ3n) is 3.90. The maximum Gasteiger partial charge on any atom is 0.410 e. The monoisotopic (exact) mass is 293 g/mol. The van der Waals surface area contributed by atoms with Gasteiger partial charge in [-0.3, -0.25) is 4.90 Å². The van der Waals surface area contributed by atoms with Gasteiger partial charge in [-0.05, 0) is 46.8 Å². The smallest absolute Gasteiger partial charge is 0.410 e. The van der Waals surface area contributed by atoms with E-state index in [4.69, 9.17) is 4.74 Å². The summed E-state index contributed by atoms with van der Waals surface area (Å²) in [5.74, 6) is 0. The highest BCUT2D eigenvalue weighted by Gasteiger charge is 2.32. The maximum absolute atomic E-state index is 12.1. The van der Waals surface area contributed by atoms with Gasteiger partial charge in [-0.2, -0.15) is 0 Å². The minimum absolute atomic E-state index is 0.207. The lowest BCUT2D eigenvalue weighted by molar-refractivity contribution is -0.000989. The van der Waals surface area contributed by atoms with Gasteiger partial charge in [0.1, 0.15) is 5.60 Å². The Labute approximate surface area is 127 Å². The van der Waals surface area contributed by atoms with Gasteiger partial charge in [-0.25, -0.2) is 4.79 Å². The fourth-order valence-electron chi connectivity index (χ4n) is 2.82. The molecule has 5 heteroatoms. The number of nitrogens with one attached hydrogen (secondary N) is 1. The number of carbonyl (C=O) groups excluding carboxylic acids is 1. The molecule has 0 saturated carbocycles. The van der Waals surface area contributed by atoms with E-state index in [1.54, 1.807) is 0 Å². The predicted octanol–water partition coefficient (Wildman–Crippen LogP) is 3.02. The van der Waals surface area contributed by atoms with Crippen molar-refractivity contribution in [1.29, 1.82) is 0 Å². The number of piperazine rings is 1. The molecular weight excluding hydrogens is 266 g/mol. The second kappa shape index (κ2) is 6.10. The Bertz CT molecular complexity index is 464.